The SMILES string of the molecule is CC(C)c1ccc(CCNC(=O)CNc2cccc(C#N)c2)cc1. The molecule has 0 radical (unpaired) electrons. The molecule has 24 heavy (non-hydrogen) atoms. The van der Waals surface area contributed by atoms with Gasteiger partial charge in [-0.2, -0.15) is 5.26 Å². The Labute approximate surface area is 143 Å². The van der Waals surface area contributed by atoms with Gasteiger partial charge in [0.15, 0.2) is 0 Å². The van der Waals surface area contributed by atoms with Crippen molar-refractivity contribution in [1.29, 1.82) is 5.26 Å². The maximum absolute atomic E-state index is 11.9. The first-order valence-electron chi connectivity index (χ1n) is 8.18. The van der Waals surface area contributed by atoms with Crippen molar-refractivity contribution in [3.8, 4) is 6.07 Å². The minimum atomic E-state index is -0.0591. The van der Waals surface area contributed by atoms with E-state index in [1.165, 1.54) is 11.1 Å². The summed E-state index contributed by atoms with van der Waals surface area (Å²) < 4.78 is 0. The van der Waals surface area contributed by atoms with Gasteiger partial charge in [0.25, 0.3) is 0 Å². The van der Waals surface area contributed by atoms with E-state index in [1.807, 2.05) is 6.07 Å². The standard InChI is InChI=1S/C20H23N3O/c1-15(2)18-8-6-16(7-9-18)10-11-22-20(24)14-23-19-5-3-4-17(12-19)13-21/h3-9,12,15,23H,10-11,14H2,1-2H3,(H,22,24). The van der Waals surface area contributed by atoms with Crippen LogP contribution in [-0.2, 0) is 11.2 Å². The summed E-state index contributed by atoms with van der Waals surface area (Å²) >= 11 is 0. The minimum absolute atomic E-state index is 0.0591. The molecule has 2 aromatic carbocycles. The van der Waals surface area contributed by atoms with E-state index >= 15 is 0 Å². The highest BCUT2D eigenvalue weighted by Gasteiger charge is 2.03. The van der Waals surface area contributed by atoms with Crippen molar-refractivity contribution in [1.82, 2.24) is 5.32 Å². The number of benzene rings is 2. The fraction of sp³-hybridized carbons (Fsp3) is 0.300. The molecule has 0 atom stereocenters. The lowest BCUT2D eigenvalue weighted by molar-refractivity contribution is -0.119. The van der Waals surface area contributed by atoms with Crippen LogP contribution in [0.5, 0.6) is 0 Å². The molecule has 0 fully saturated rings. The lowest BCUT2D eigenvalue weighted by atomic mass is 10.0. The number of hydrogen-bond donors (Lipinski definition) is 2. The molecule has 0 saturated carbocycles. The third-order valence-corrected chi connectivity index (χ3v) is 3.83. The Hall–Kier alpha value is -2.80. The average molecular weight is 321 g/mol. The molecule has 4 heteroatoms. The Morgan fingerprint density at radius 3 is 2.58 bits per heavy atom. The van der Waals surface area contributed by atoms with E-state index in [0.29, 0.717) is 18.0 Å². The Morgan fingerprint density at radius 1 is 1.17 bits per heavy atom. The van der Waals surface area contributed by atoms with Crippen molar-refractivity contribution in [3.05, 3.63) is 65.2 Å². The minimum Gasteiger partial charge on any atom is -0.376 e. The Bertz CT molecular complexity index is 714. The highest BCUT2D eigenvalue weighted by atomic mass is 16.1. The molecule has 4 nitrogen and oxygen atoms in total. The van der Waals surface area contributed by atoms with Crippen LogP contribution in [0.1, 0.15) is 36.5 Å². The highest BCUT2D eigenvalue weighted by Crippen LogP contribution is 2.14. The van der Waals surface area contributed by atoms with Crippen molar-refractivity contribution in [3.63, 3.8) is 0 Å². The van der Waals surface area contributed by atoms with Gasteiger partial charge in [0.2, 0.25) is 5.91 Å². The molecule has 0 heterocycles. The number of rotatable bonds is 7. The smallest absolute Gasteiger partial charge is 0.239 e. The molecule has 0 aromatic heterocycles. The molecule has 0 bridgehead atoms. The van der Waals surface area contributed by atoms with Gasteiger partial charge in [-0.1, -0.05) is 44.2 Å². The average Bonchev–Trinajstić information content (AvgIpc) is 2.60. The number of nitriles is 1. The van der Waals surface area contributed by atoms with Gasteiger partial charge in [-0.3, -0.25) is 4.79 Å². The Morgan fingerprint density at radius 2 is 1.92 bits per heavy atom. The molecule has 2 aromatic rings. The molecule has 0 spiro atoms. The Kier molecular flexibility index (Phi) is 6.39. The first-order valence-corrected chi connectivity index (χ1v) is 8.18. The van der Waals surface area contributed by atoms with Crippen LogP contribution in [0.4, 0.5) is 5.69 Å². The molecular weight excluding hydrogens is 298 g/mol. The van der Waals surface area contributed by atoms with E-state index in [-0.39, 0.29) is 12.5 Å². The number of nitrogens with zero attached hydrogens (tertiary/aromatic N) is 1. The van der Waals surface area contributed by atoms with E-state index in [2.05, 4.69) is 54.8 Å². The fourth-order valence-corrected chi connectivity index (χ4v) is 2.36. The van der Waals surface area contributed by atoms with Crippen LogP contribution < -0.4 is 10.6 Å². The van der Waals surface area contributed by atoms with E-state index < -0.39 is 0 Å². The number of carbonyl (C=O) groups is 1. The van der Waals surface area contributed by atoms with Gasteiger partial charge < -0.3 is 10.6 Å². The highest BCUT2D eigenvalue weighted by molar-refractivity contribution is 5.80. The van der Waals surface area contributed by atoms with Crippen LogP contribution >= 0.6 is 0 Å². The summed E-state index contributed by atoms with van der Waals surface area (Å²) in [4.78, 5) is 11.9. The number of carbonyl (C=O) groups excluding carboxylic acids is 1. The summed E-state index contributed by atoms with van der Waals surface area (Å²) in [6, 6.07) is 17.7. The predicted molar refractivity (Wildman–Crippen MR) is 96.9 cm³/mol. The van der Waals surface area contributed by atoms with Crippen LogP contribution in [0.25, 0.3) is 0 Å². The molecule has 0 saturated heterocycles. The zero-order valence-electron chi connectivity index (χ0n) is 14.2. The molecule has 2 rings (SSSR count). The van der Waals surface area contributed by atoms with E-state index in [4.69, 9.17) is 5.26 Å². The van der Waals surface area contributed by atoms with Crippen molar-refractivity contribution in [2.45, 2.75) is 26.2 Å². The molecular formula is C20H23N3O. The third-order valence-electron chi connectivity index (χ3n) is 3.83. The van der Waals surface area contributed by atoms with Gasteiger partial charge in [0.1, 0.15) is 0 Å². The van der Waals surface area contributed by atoms with E-state index in [0.717, 1.165) is 12.1 Å². The summed E-state index contributed by atoms with van der Waals surface area (Å²) in [6.07, 6.45) is 0.814. The molecule has 1 amide bonds. The third kappa shape index (κ3) is 5.44. The van der Waals surface area contributed by atoms with Gasteiger partial charge in [-0.15, -0.1) is 0 Å². The van der Waals surface area contributed by atoms with Crippen LogP contribution in [0, 0.1) is 11.3 Å². The molecule has 0 aliphatic carbocycles. The summed E-state index contributed by atoms with van der Waals surface area (Å²) in [5.41, 5.74) is 3.89. The first-order chi connectivity index (χ1) is 11.6. The van der Waals surface area contributed by atoms with Crippen LogP contribution in [0.15, 0.2) is 48.5 Å². The monoisotopic (exact) mass is 321 g/mol. The maximum atomic E-state index is 11.9. The van der Waals surface area contributed by atoms with E-state index in [1.54, 1.807) is 18.2 Å². The lowest BCUT2D eigenvalue weighted by Gasteiger charge is -2.09. The van der Waals surface area contributed by atoms with Crippen molar-refractivity contribution in [2.75, 3.05) is 18.4 Å². The van der Waals surface area contributed by atoms with Gasteiger partial charge in [0, 0.05) is 12.2 Å². The number of amides is 1. The van der Waals surface area contributed by atoms with Gasteiger partial charge in [-0.05, 0) is 41.7 Å². The summed E-state index contributed by atoms with van der Waals surface area (Å²) in [6.45, 7) is 5.16. The van der Waals surface area contributed by atoms with Crippen molar-refractivity contribution < 1.29 is 4.79 Å². The zero-order valence-corrected chi connectivity index (χ0v) is 14.2. The normalized spacial score (nSPS) is 10.2. The van der Waals surface area contributed by atoms with E-state index in [9.17, 15) is 4.79 Å². The first kappa shape index (κ1) is 17.6. The molecule has 0 aliphatic heterocycles. The molecule has 0 unspecified atom stereocenters. The summed E-state index contributed by atoms with van der Waals surface area (Å²) in [5.74, 6) is 0.473. The van der Waals surface area contributed by atoms with Gasteiger partial charge in [0.05, 0.1) is 18.2 Å². The largest absolute Gasteiger partial charge is 0.376 e. The molecule has 0 aliphatic rings. The predicted octanol–water partition coefficient (Wildman–Crippen LogP) is 3.45. The molecule has 124 valence electrons. The Balaban J connectivity index is 1.72. The quantitative estimate of drug-likeness (QED) is 0.821. The number of nitrogens with one attached hydrogen (secondary N) is 2. The van der Waals surface area contributed by atoms with Crippen LogP contribution in [0.2, 0.25) is 0 Å². The fourth-order valence-electron chi connectivity index (χ4n) is 2.36. The molecule has 2 N–H and O–H groups in total. The second kappa shape index (κ2) is 8.73. The summed E-state index contributed by atoms with van der Waals surface area (Å²) in [5, 5.41) is 14.8. The summed E-state index contributed by atoms with van der Waals surface area (Å²) in [7, 11) is 0. The van der Waals surface area contributed by atoms with Crippen molar-refractivity contribution >= 4 is 11.6 Å². The lowest BCUT2D eigenvalue weighted by Crippen LogP contribution is -2.31. The topological polar surface area (TPSA) is 64.9 Å². The van der Waals surface area contributed by atoms with Crippen LogP contribution in [-0.4, -0.2) is 19.0 Å². The maximum Gasteiger partial charge on any atom is 0.239 e. The second-order valence-electron chi connectivity index (χ2n) is 6.04. The van der Waals surface area contributed by atoms with Crippen molar-refractivity contribution in [2.24, 2.45) is 0 Å². The number of anilines is 1. The number of hydrogen-bond acceptors (Lipinski definition) is 3. The van der Waals surface area contributed by atoms with Crippen LogP contribution in [0.3, 0.4) is 0 Å². The van der Waals surface area contributed by atoms with Gasteiger partial charge >= 0.3 is 0 Å². The second-order valence-corrected chi connectivity index (χ2v) is 6.04. The zero-order chi connectivity index (χ0) is 17.4. The van der Waals surface area contributed by atoms with Gasteiger partial charge in [-0.25, -0.2) is 0 Å².